The lowest BCUT2D eigenvalue weighted by Crippen LogP contribution is -2.29. The van der Waals surface area contributed by atoms with Crippen LogP contribution in [0, 0.1) is 13.8 Å². The Bertz CT molecular complexity index is 1310. The number of aliphatic hydroxyl groups is 1. The van der Waals surface area contributed by atoms with Crippen molar-refractivity contribution >= 4 is 34.7 Å². The van der Waals surface area contributed by atoms with Gasteiger partial charge >= 0.3 is 0 Å². The second-order valence-electron chi connectivity index (χ2n) is 8.06. The Labute approximate surface area is 203 Å². The van der Waals surface area contributed by atoms with Gasteiger partial charge in [0.2, 0.25) is 0 Å². The Morgan fingerprint density at radius 2 is 1.62 bits per heavy atom. The first-order valence-corrected chi connectivity index (χ1v) is 11.0. The molecule has 1 aliphatic heterocycles. The largest absolute Gasteiger partial charge is 0.507 e. The first-order valence-electron chi connectivity index (χ1n) is 10.6. The third-order valence-electron chi connectivity index (χ3n) is 6.07. The Morgan fingerprint density at radius 3 is 2.24 bits per heavy atom. The minimum Gasteiger partial charge on any atom is -0.507 e. The topological polar surface area (TPSA) is 76.1 Å². The van der Waals surface area contributed by atoms with Crippen molar-refractivity contribution in [3.63, 3.8) is 0 Å². The second-order valence-corrected chi connectivity index (χ2v) is 8.47. The quantitative estimate of drug-likeness (QED) is 0.294. The number of ether oxygens (including phenoxy) is 2. The van der Waals surface area contributed by atoms with E-state index in [0.717, 1.165) is 11.1 Å². The zero-order valence-electron chi connectivity index (χ0n) is 19.3. The molecule has 34 heavy (non-hydrogen) atoms. The zero-order chi connectivity index (χ0) is 24.6. The van der Waals surface area contributed by atoms with Crippen LogP contribution in [0.15, 0.2) is 66.2 Å². The summed E-state index contributed by atoms with van der Waals surface area (Å²) in [5, 5.41) is 11.6. The molecule has 174 valence electrons. The number of hydrogen-bond donors (Lipinski definition) is 1. The first kappa shape index (κ1) is 23.4. The fourth-order valence-corrected chi connectivity index (χ4v) is 4.23. The molecule has 0 saturated carbocycles. The number of aliphatic hydroxyl groups excluding tert-OH is 1. The van der Waals surface area contributed by atoms with Gasteiger partial charge in [0.25, 0.3) is 11.7 Å². The maximum absolute atomic E-state index is 13.3. The van der Waals surface area contributed by atoms with Crippen LogP contribution in [0.3, 0.4) is 0 Å². The third-order valence-corrected chi connectivity index (χ3v) is 6.38. The minimum absolute atomic E-state index is 0.0160. The zero-order valence-corrected chi connectivity index (χ0v) is 20.0. The average Bonchev–Trinajstić information content (AvgIpc) is 3.11. The van der Waals surface area contributed by atoms with Crippen LogP contribution in [-0.4, -0.2) is 31.0 Å². The standard InChI is InChI=1S/C27H24ClNO5/c1-15-5-9-19(13-16(15)2)29-24(17-6-10-20(33-3)11-7-17)23(26(31)27(29)32)25(30)18-8-12-21(28)22(14-18)34-4/h5-14,24,30H,1-4H3/b25-23+. The lowest BCUT2D eigenvalue weighted by atomic mass is 9.95. The maximum atomic E-state index is 13.3. The van der Waals surface area contributed by atoms with E-state index in [1.54, 1.807) is 49.6 Å². The van der Waals surface area contributed by atoms with Gasteiger partial charge in [0.15, 0.2) is 0 Å². The number of carbonyl (C=O) groups excluding carboxylic acids is 2. The number of aryl methyl sites for hydroxylation is 2. The van der Waals surface area contributed by atoms with Crippen LogP contribution in [0.2, 0.25) is 5.02 Å². The Balaban J connectivity index is 1.95. The van der Waals surface area contributed by atoms with Crippen LogP contribution in [0.4, 0.5) is 5.69 Å². The van der Waals surface area contributed by atoms with Crippen LogP contribution in [-0.2, 0) is 9.59 Å². The first-order chi connectivity index (χ1) is 16.3. The van der Waals surface area contributed by atoms with Crippen LogP contribution in [0.1, 0.15) is 28.3 Å². The molecule has 1 atom stereocenters. The summed E-state index contributed by atoms with van der Waals surface area (Å²) in [5.41, 5.74) is 3.57. The van der Waals surface area contributed by atoms with E-state index in [-0.39, 0.29) is 11.3 Å². The molecule has 7 heteroatoms. The highest BCUT2D eigenvalue weighted by Gasteiger charge is 2.47. The van der Waals surface area contributed by atoms with Gasteiger partial charge in [-0.25, -0.2) is 0 Å². The molecule has 1 N–H and O–H groups in total. The van der Waals surface area contributed by atoms with Crippen LogP contribution < -0.4 is 14.4 Å². The van der Waals surface area contributed by atoms with Crippen molar-refractivity contribution in [2.75, 3.05) is 19.1 Å². The van der Waals surface area contributed by atoms with Crippen LogP contribution >= 0.6 is 11.6 Å². The van der Waals surface area contributed by atoms with Gasteiger partial charge in [-0.3, -0.25) is 14.5 Å². The van der Waals surface area contributed by atoms with E-state index in [1.165, 1.54) is 18.1 Å². The molecule has 1 fully saturated rings. The van der Waals surface area contributed by atoms with Crippen molar-refractivity contribution in [3.05, 3.63) is 93.5 Å². The van der Waals surface area contributed by atoms with Gasteiger partial charge in [-0.2, -0.15) is 0 Å². The molecule has 0 aromatic heterocycles. The van der Waals surface area contributed by atoms with Gasteiger partial charge in [0.1, 0.15) is 17.3 Å². The van der Waals surface area contributed by atoms with Crippen molar-refractivity contribution in [2.45, 2.75) is 19.9 Å². The number of Topliss-reactive ketones (excluding diaryl/α,β-unsaturated/α-hetero) is 1. The highest BCUT2D eigenvalue weighted by atomic mass is 35.5. The molecule has 3 aromatic rings. The smallest absolute Gasteiger partial charge is 0.300 e. The molecular formula is C27H24ClNO5. The summed E-state index contributed by atoms with van der Waals surface area (Å²) in [6.07, 6.45) is 0. The Hall–Kier alpha value is -3.77. The van der Waals surface area contributed by atoms with E-state index in [9.17, 15) is 14.7 Å². The van der Waals surface area contributed by atoms with Gasteiger partial charge in [0.05, 0.1) is 30.9 Å². The normalized spacial score (nSPS) is 17.2. The second kappa shape index (κ2) is 9.23. The van der Waals surface area contributed by atoms with E-state index in [4.69, 9.17) is 21.1 Å². The van der Waals surface area contributed by atoms with Crippen molar-refractivity contribution in [1.29, 1.82) is 0 Å². The highest BCUT2D eigenvalue weighted by molar-refractivity contribution is 6.51. The molecule has 1 unspecified atom stereocenters. The number of methoxy groups -OCH3 is 2. The number of nitrogens with zero attached hydrogens (tertiary/aromatic N) is 1. The van der Waals surface area contributed by atoms with Crippen LogP contribution in [0.25, 0.3) is 5.76 Å². The van der Waals surface area contributed by atoms with E-state index >= 15 is 0 Å². The maximum Gasteiger partial charge on any atom is 0.300 e. The molecule has 1 amide bonds. The predicted molar refractivity (Wildman–Crippen MR) is 132 cm³/mol. The predicted octanol–water partition coefficient (Wildman–Crippen LogP) is 5.60. The molecule has 1 saturated heterocycles. The minimum atomic E-state index is -0.838. The van der Waals surface area contributed by atoms with Crippen molar-refractivity contribution in [2.24, 2.45) is 0 Å². The summed E-state index contributed by atoms with van der Waals surface area (Å²) in [7, 11) is 3.02. The summed E-state index contributed by atoms with van der Waals surface area (Å²) in [5.74, 6) is -0.818. The highest BCUT2D eigenvalue weighted by Crippen LogP contribution is 2.43. The molecular weight excluding hydrogens is 454 g/mol. The van der Waals surface area contributed by atoms with Gasteiger partial charge in [-0.1, -0.05) is 29.8 Å². The SMILES string of the molecule is COc1ccc(C2/C(=C(\O)c3ccc(Cl)c(OC)c3)C(=O)C(=O)N2c2ccc(C)c(C)c2)cc1. The molecule has 0 radical (unpaired) electrons. The number of halogens is 1. The van der Waals surface area contributed by atoms with E-state index in [1.807, 2.05) is 26.0 Å². The average molecular weight is 478 g/mol. The molecule has 0 bridgehead atoms. The molecule has 4 rings (SSSR count). The Kier molecular flexibility index (Phi) is 6.35. The van der Waals surface area contributed by atoms with E-state index < -0.39 is 17.7 Å². The fourth-order valence-electron chi connectivity index (χ4n) is 4.04. The van der Waals surface area contributed by atoms with E-state index in [2.05, 4.69) is 0 Å². The third kappa shape index (κ3) is 4.01. The van der Waals surface area contributed by atoms with Gasteiger partial charge in [-0.05, 0) is 73.0 Å². The lowest BCUT2D eigenvalue weighted by Gasteiger charge is -2.26. The number of hydrogen-bond acceptors (Lipinski definition) is 5. The van der Waals surface area contributed by atoms with Crippen molar-refractivity contribution in [3.8, 4) is 11.5 Å². The summed E-state index contributed by atoms with van der Waals surface area (Å²) in [6.45, 7) is 3.92. The number of amides is 1. The molecule has 1 aliphatic rings. The van der Waals surface area contributed by atoms with Gasteiger partial charge in [0, 0.05) is 11.3 Å². The van der Waals surface area contributed by atoms with Crippen LogP contribution in [0.5, 0.6) is 11.5 Å². The summed E-state index contributed by atoms with van der Waals surface area (Å²) in [6, 6.07) is 16.5. The summed E-state index contributed by atoms with van der Waals surface area (Å²) >= 11 is 6.13. The van der Waals surface area contributed by atoms with E-state index in [0.29, 0.717) is 33.3 Å². The summed E-state index contributed by atoms with van der Waals surface area (Å²) < 4.78 is 10.5. The number of rotatable bonds is 5. The molecule has 6 nitrogen and oxygen atoms in total. The molecule has 3 aromatic carbocycles. The van der Waals surface area contributed by atoms with Gasteiger partial charge in [-0.15, -0.1) is 0 Å². The monoisotopic (exact) mass is 477 g/mol. The van der Waals surface area contributed by atoms with Gasteiger partial charge < -0.3 is 14.6 Å². The lowest BCUT2D eigenvalue weighted by molar-refractivity contribution is -0.132. The fraction of sp³-hybridized carbons (Fsp3) is 0.185. The molecule has 1 heterocycles. The number of ketones is 1. The number of anilines is 1. The molecule has 0 spiro atoms. The number of benzene rings is 3. The Morgan fingerprint density at radius 1 is 0.912 bits per heavy atom. The number of carbonyl (C=O) groups is 2. The van der Waals surface area contributed by atoms with Crippen molar-refractivity contribution < 1.29 is 24.2 Å². The molecule has 0 aliphatic carbocycles. The summed E-state index contributed by atoms with van der Waals surface area (Å²) in [4.78, 5) is 28.0. The van der Waals surface area contributed by atoms with Crippen molar-refractivity contribution in [1.82, 2.24) is 0 Å².